The van der Waals surface area contributed by atoms with Gasteiger partial charge in [-0.2, -0.15) is 0 Å². The van der Waals surface area contributed by atoms with Gasteiger partial charge in [0, 0.05) is 19.6 Å². The van der Waals surface area contributed by atoms with Crippen LogP contribution in [0.25, 0.3) is 10.2 Å². The molecular formula is C21H22FN3O3S. The molecule has 0 aliphatic rings. The number of rotatable bonds is 8. The van der Waals surface area contributed by atoms with Crippen molar-refractivity contribution in [2.24, 2.45) is 0 Å². The lowest BCUT2D eigenvalue weighted by molar-refractivity contribution is -0.132. The molecule has 0 atom stereocenters. The van der Waals surface area contributed by atoms with Gasteiger partial charge < -0.3 is 15.0 Å². The number of nitrogens with one attached hydrogen (secondary N) is 1. The molecule has 2 amide bonds. The maximum atomic E-state index is 12.9. The third-order valence-electron chi connectivity index (χ3n) is 4.40. The van der Waals surface area contributed by atoms with Gasteiger partial charge >= 0.3 is 0 Å². The summed E-state index contributed by atoms with van der Waals surface area (Å²) in [5.74, 6) is -0.127. The molecule has 0 saturated carbocycles. The standard InChI is InChI=1S/C21H22FN3O3S/c1-3-25(4-2)19(26)13-28-16-9-10-17-18(11-16)29-21(24-17)20(27)23-12-14-5-7-15(22)8-6-14/h5-11H,3-4,12-13H2,1-2H3,(H,23,27). The average Bonchev–Trinajstić information content (AvgIpc) is 3.16. The Kier molecular flexibility index (Phi) is 6.77. The van der Waals surface area contributed by atoms with Gasteiger partial charge in [0.25, 0.3) is 11.8 Å². The van der Waals surface area contributed by atoms with E-state index >= 15 is 0 Å². The molecular weight excluding hydrogens is 393 g/mol. The van der Waals surface area contributed by atoms with Crippen molar-refractivity contribution in [3.63, 3.8) is 0 Å². The highest BCUT2D eigenvalue weighted by molar-refractivity contribution is 7.20. The Morgan fingerprint density at radius 2 is 1.86 bits per heavy atom. The molecule has 1 aromatic heterocycles. The first-order valence-corrected chi connectivity index (χ1v) is 10.2. The Morgan fingerprint density at radius 1 is 1.14 bits per heavy atom. The lowest BCUT2D eigenvalue weighted by Gasteiger charge is -2.18. The second-order valence-electron chi connectivity index (χ2n) is 6.31. The second-order valence-corrected chi connectivity index (χ2v) is 7.34. The highest BCUT2D eigenvalue weighted by Crippen LogP contribution is 2.26. The van der Waals surface area contributed by atoms with Crippen LogP contribution >= 0.6 is 11.3 Å². The summed E-state index contributed by atoms with van der Waals surface area (Å²) in [5, 5.41) is 3.11. The number of carbonyl (C=O) groups excluding carboxylic acids is 2. The first-order valence-electron chi connectivity index (χ1n) is 9.34. The van der Waals surface area contributed by atoms with Crippen LogP contribution < -0.4 is 10.1 Å². The minimum atomic E-state index is -0.317. The van der Waals surface area contributed by atoms with Crippen molar-refractivity contribution in [3.05, 3.63) is 58.9 Å². The highest BCUT2D eigenvalue weighted by atomic mass is 32.1. The number of amides is 2. The third kappa shape index (κ3) is 5.29. The topological polar surface area (TPSA) is 71.5 Å². The molecule has 0 spiro atoms. The Balaban J connectivity index is 1.63. The van der Waals surface area contributed by atoms with E-state index in [-0.39, 0.29) is 30.8 Å². The fraction of sp³-hybridized carbons (Fsp3) is 0.286. The summed E-state index contributed by atoms with van der Waals surface area (Å²) in [6.45, 7) is 5.39. The summed E-state index contributed by atoms with van der Waals surface area (Å²) in [6.07, 6.45) is 0. The summed E-state index contributed by atoms with van der Waals surface area (Å²) in [6, 6.07) is 11.2. The molecule has 0 saturated heterocycles. The summed E-state index contributed by atoms with van der Waals surface area (Å²) in [7, 11) is 0. The van der Waals surface area contributed by atoms with Crippen LogP contribution in [0.3, 0.4) is 0 Å². The lowest BCUT2D eigenvalue weighted by atomic mass is 10.2. The predicted octanol–water partition coefficient (Wildman–Crippen LogP) is 3.61. The quantitative estimate of drug-likeness (QED) is 0.610. The predicted molar refractivity (Wildman–Crippen MR) is 111 cm³/mol. The van der Waals surface area contributed by atoms with Crippen LogP contribution in [-0.2, 0) is 11.3 Å². The van der Waals surface area contributed by atoms with Gasteiger partial charge in [-0.05, 0) is 49.7 Å². The molecule has 1 N–H and O–H groups in total. The number of benzene rings is 2. The van der Waals surface area contributed by atoms with Gasteiger partial charge in [-0.15, -0.1) is 11.3 Å². The van der Waals surface area contributed by atoms with E-state index in [9.17, 15) is 14.0 Å². The van der Waals surface area contributed by atoms with Crippen LogP contribution in [0, 0.1) is 5.82 Å². The molecule has 6 nitrogen and oxygen atoms in total. The lowest BCUT2D eigenvalue weighted by Crippen LogP contribution is -2.34. The minimum Gasteiger partial charge on any atom is -0.484 e. The molecule has 1 heterocycles. The molecule has 8 heteroatoms. The molecule has 3 rings (SSSR count). The number of hydrogen-bond donors (Lipinski definition) is 1. The van der Waals surface area contributed by atoms with Crippen molar-refractivity contribution in [2.75, 3.05) is 19.7 Å². The number of thiazole rings is 1. The summed E-state index contributed by atoms with van der Waals surface area (Å²) in [5.41, 5.74) is 1.48. The number of halogens is 1. The van der Waals surface area contributed by atoms with Gasteiger partial charge in [-0.3, -0.25) is 9.59 Å². The monoisotopic (exact) mass is 415 g/mol. The smallest absolute Gasteiger partial charge is 0.280 e. The van der Waals surface area contributed by atoms with E-state index in [0.29, 0.717) is 29.4 Å². The van der Waals surface area contributed by atoms with Crippen molar-refractivity contribution < 1.29 is 18.7 Å². The zero-order valence-corrected chi connectivity index (χ0v) is 17.1. The van der Waals surface area contributed by atoms with Crippen molar-refractivity contribution in [1.82, 2.24) is 15.2 Å². The van der Waals surface area contributed by atoms with E-state index in [0.717, 1.165) is 10.3 Å². The van der Waals surface area contributed by atoms with Gasteiger partial charge in [-0.1, -0.05) is 12.1 Å². The molecule has 3 aromatic rings. The molecule has 0 bridgehead atoms. The fourth-order valence-corrected chi connectivity index (χ4v) is 3.68. The Labute approximate surface area is 172 Å². The van der Waals surface area contributed by atoms with Gasteiger partial charge in [0.05, 0.1) is 10.2 Å². The molecule has 2 aromatic carbocycles. The van der Waals surface area contributed by atoms with Gasteiger partial charge in [0.1, 0.15) is 11.6 Å². The molecule has 0 aliphatic carbocycles. The second kappa shape index (κ2) is 9.47. The number of carbonyl (C=O) groups is 2. The number of ether oxygens (including phenoxy) is 1. The zero-order valence-electron chi connectivity index (χ0n) is 16.3. The largest absolute Gasteiger partial charge is 0.484 e. The van der Waals surface area contributed by atoms with Crippen molar-refractivity contribution in [3.8, 4) is 5.75 Å². The van der Waals surface area contributed by atoms with Gasteiger partial charge in [0.15, 0.2) is 11.6 Å². The molecule has 152 valence electrons. The van der Waals surface area contributed by atoms with Crippen LogP contribution in [-0.4, -0.2) is 41.4 Å². The summed E-state index contributed by atoms with van der Waals surface area (Å²) < 4.78 is 19.3. The molecule has 0 fully saturated rings. The van der Waals surface area contributed by atoms with Crippen LogP contribution in [0.5, 0.6) is 5.75 Å². The minimum absolute atomic E-state index is 0.0308. The normalized spacial score (nSPS) is 10.7. The van der Waals surface area contributed by atoms with Gasteiger partial charge in [-0.25, -0.2) is 9.37 Å². The molecule has 0 radical (unpaired) electrons. The number of nitrogens with zero attached hydrogens (tertiary/aromatic N) is 2. The van der Waals surface area contributed by atoms with Crippen LogP contribution in [0.15, 0.2) is 42.5 Å². The van der Waals surface area contributed by atoms with Gasteiger partial charge in [0.2, 0.25) is 0 Å². The van der Waals surface area contributed by atoms with E-state index in [2.05, 4.69) is 10.3 Å². The van der Waals surface area contributed by atoms with E-state index in [1.165, 1.54) is 23.5 Å². The summed E-state index contributed by atoms with van der Waals surface area (Å²) in [4.78, 5) is 30.5. The number of likely N-dealkylation sites (N-methyl/N-ethyl adjacent to an activating group) is 1. The van der Waals surface area contributed by atoms with Crippen molar-refractivity contribution in [1.29, 1.82) is 0 Å². The van der Waals surface area contributed by atoms with Crippen LogP contribution in [0.4, 0.5) is 4.39 Å². The number of aromatic nitrogens is 1. The average molecular weight is 415 g/mol. The van der Waals surface area contributed by atoms with E-state index in [1.807, 2.05) is 13.8 Å². The first kappa shape index (κ1) is 20.7. The molecule has 0 aliphatic heterocycles. The summed E-state index contributed by atoms with van der Waals surface area (Å²) >= 11 is 1.25. The number of fused-ring (bicyclic) bond motifs is 1. The Hall–Kier alpha value is -3.00. The SMILES string of the molecule is CCN(CC)C(=O)COc1ccc2nc(C(=O)NCc3ccc(F)cc3)sc2c1. The Morgan fingerprint density at radius 3 is 2.55 bits per heavy atom. The number of hydrogen-bond acceptors (Lipinski definition) is 5. The third-order valence-corrected chi connectivity index (χ3v) is 5.42. The van der Waals surface area contributed by atoms with Crippen molar-refractivity contribution >= 4 is 33.4 Å². The Bertz CT molecular complexity index is 1000. The highest BCUT2D eigenvalue weighted by Gasteiger charge is 2.14. The van der Waals surface area contributed by atoms with Crippen molar-refractivity contribution in [2.45, 2.75) is 20.4 Å². The van der Waals surface area contributed by atoms with Crippen LogP contribution in [0.1, 0.15) is 29.2 Å². The van der Waals surface area contributed by atoms with E-state index < -0.39 is 0 Å². The van der Waals surface area contributed by atoms with E-state index in [1.54, 1.807) is 35.2 Å². The first-order chi connectivity index (χ1) is 14.0. The molecule has 29 heavy (non-hydrogen) atoms. The fourth-order valence-electron chi connectivity index (χ4n) is 2.76. The van der Waals surface area contributed by atoms with E-state index in [4.69, 9.17) is 4.74 Å². The maximum Gasteiger partial charge on any atom is 0.280 e. The zero-order chi connectivity index (χ0) is 20.8. The van der Waals surface area contributed by atoms with Crippen LogP contribution in [0.2, 0.25) is 0 Å². The maximum absolute atomic E-state index is 12.9. The molecule has 0 unspecified atom stereocenters.